The van der Waals surface area contributed by atoms with Crippen LogP contribution in [-0.4, -0.2) is 5.11 Å². The van der Waals surface area contributed by atoms with Crippen LogP contribution in [0.5, 0.6) is 5.75 Å². The van der Waals surface area contributed by atoms with Gasteiger partial charge in [0.1, 0.15) is 12.3 Å². The van der Waals surface area contributed by atoms with Gasteiger partial charge in [-0.25, -0.2) is 0 Å². The topological polar surface area (TPSA) is 24.1 Å². The molecule has 0 aliphatic carbocycles. The van der Waals surface area contributed by atoms with E-state index >= 15 is 0 Å². The maximum absolute atomic E-state index is 9.46. The highest BCUT2D eigenvalue weighted by Gasteiger charge is 2.10. The van der Waals surface area contributed by atoms with Gasteiger partial charge in [0, 0.05) is 18.6 Å². The molecular formula is C29H38NO+. The molecule has 0 radical (unpaired) electrons. The molecule has 0 atom stereocenters. The first-order valence-electron chi connectivity index (χ1n) is 12.2. The van der Waals surface area contributed by atoms with Crippen LogP contribution >= 0.6 is 0 Å². The third-order valence-electron chi connectivity index (χ3n) is 6.06. The number of unbranched alkanes of at least 4 members (excludes halogenated alkanes) is 9. The summed E-state index contributed by atoms with van der Waals surface area (Å²) in [4.78, 5) is 0. The highest BCUT2D eigenvalue weighted by Crippen LogP contribution is 2.19. The SMILES string of the molecule is CCCCCCCCCCCC[n+]1ccc(/C=C/c2ccc(O)cc2)c2ccccc21. The van der Waals surface area contributed by atoms with Crippen molar-refractivity contribution in [2.45, 2.75) is 77.7 Å². The van der Waals surface area contributed by atoms with Gasteiger partial charge in [0.15, 0.2) is 6.20 Å². The molecule has 0 aliphatic heterocycles. The molecule has 2 heteroatoms. The number of benzene rings is 2. The van der Waals surface area contributed by atoms with Gasteiger partial charge >= 0.3 is 0 Å². The molecule has 2 aromatic carbocycles. The Morgan fingerprint density at radius 3 is 2.06 bits per heavy atom. The molecule has 1 N–H and O–H groups in total. The molecule has 2 nitrogen and oxygen atoms in total. The van der Waals surface area contributed by atoms with Crippen LogP contribution in [0.25, 0.3) is 23.1 Å². The summed E-state index contributed by atoms with van der Waals surface area (Å²) in [6.07, 6.45) is 20.2. The summed E-state index contributed by atoms with van der Waals surface area (Å²) in [7, 11) is 0. The second-order valence-electron chi connectivity index (χ2n) is 8.59. The minimum Gasteiger partial charge on any atom is -0.508 e. The average molecular weight is 417 g/mol. The molecule has 0 fully saturated rings. The van der Waals surface area contributed by atoms with Gasteiger partial charge in [0.2, 0.25) is 5.52 Å². The summed E-state index contributed by atoms with van der Waals surface area (Å²) in [6.45, 7) is 3.36. The van der Waals surface area contributed by atoms with E-state index in [0.29, 0.717) is 5.75 Å². The number of fused-ring (bicyclic) bond motifs is 1. The van der Waals surface area contributed by atoms with Gasteiger partial charge in [0.25, 0.3) is 0 Å². The summed E-state index contributed by atoms with van der Waals surface area (Å²) < 4.78 is 2.40. The Kier molecular flexibility index (Phi) is 9.63. The first kappa shape index (κ1) is 23.1. The van der Waals surface area contributed by atoms with Crippen LogP contribution in [0.4, 0.5) is 0 Å². The second kappa shape index (κ2) is 12.9. The quantitative estimate of drug-likeness (QED) is 0.222. The van der Waals surface area contributed by atoms with E-state index in [1.807, 2.05) is 12.1 Å². The number of nitrogens with zero attached hydrogens (tertiary/aromatic N) is 1. The van der Waals surface area contributed by atoms with E-state index in [-0.39, 0.29) is 0 Å². The number of para-hydroxylation sites is 1. The predicted molar refractivity (Wildman–Crippen MR) is 133 cm³/mol. The number of aromatic nitrogens is 1. The standard InChI is InChI=1S/C29H37NO/c1-2-3-4-5-6-7-8-9-10-13-23-30-24-22-26(28-14-11-12-15-29(28)30)19-16-25-17-20-27(31)21-18-25/h11-12,14-22,24H,2-10,13,23H2,1H3/p+1. The largest absolute Gasteiger partial charge is 0.508 e. The zero-order valence-electron chi connectivity index (χ0n) is 19.1. The van der Waals surface area contributed by atoms with Crippen LogP contribution in [0.3, 0.4) is 0 Å². The van der Waals surface area contributed by atoms with Gasteiger partial charge in [-0.2, -0.15) is 4.57 Å². The van der Waals surface area contributed by atoms with Crippen molar-refractivity contribution in [1.82, 2.24) is 0 Å². The summed E-state index contributed by atoms with van der Waals surface area (Å²) in [6, 6.07) is 18.2. The molecule has 0 saturated heterocycles. The number of aryl methyl sites for hydroxylation is 1. The zero-order chi connectivity index (χ0) is 21.7. The first-order valence-corrected chi connectivity index (χ1v) is 12.2. The number of pyridine rings is 1. The maximum atomic E-state index is 9.46. The van der Waals surface area contributed by atoms with E-state index in [0.717, 1.165) is 12.1 Å². The van der Waals surface area contributed by atoms with Crippen LogP contribution in [0.1, 0.15) is 82.3 Å². The van der Waals surface area contributed by atoms with Crippen molar-refractivity contribution in [2.24, 2.45) is 0 Å². The highest BCUT2D eigenvalue weighted by atomic mass is 16.3. The van der Waals surface area contributed by atoms with Gasteiger partial charge in [-0.1, -0.05) is 94.7 Å². The Morgan fingerprint density at radius 2 is 1.35 bits per heavy atom. The Bertz CT molecular complexity index is 943. The number of hydrogen-bond acceptors (Lipinski definition) is 1. The molecule has 31 heavy (non-hydrogen) atoms. The fourth-order valence-corrected chi connectivity index (χ4v) is 4.19. The van der Waals surface area contributed by atoms with Crippen molar-refractivity contribution < 1.29 is 9.67 Å². The summed E-state index contributed by atoms with van der Waals surface area (Å²) >= 11 is 0. The molecule has 1 heterocycles. The Morgan fingerprint density at radius 1 is 0.710 bits per heavy atom. The van der Waals surface area contributed by atoms with Crippen LogP contribution in [0.2, 0.25) is 0 Å². The first-order chi connectivity index (χ1) is 15.3. The molecule has 164 valence electrons. The van der Waals surface area contributed by atoms with Crippen molar-refractivity contribution >= 4 is 23.1 Å². The average Bonchev–Trinajstić information content (AvgIpc) is 2.80. The highest BCUT2D eigenvalue weighted by molar-refractivity contribution is 5.88. The van der Waals surface area contributed by atoms with Gasteiger partial charge in [-0.3, -0.25) is 0 Å². The summed E-state index contributed by atoms with van der Waals surface area (Å²) in [5, 5.41) is 10.7. The lowest BCUT2D eigenvalue weighted by Gasteiger charge is -2.05. The van der Waals surface area contributed by atoms with Gasteiger partial charge in [-0.05, 0) is 35.7 Å². The van der Waals surface area contributed by atoms with E-state index in [2.05, 4.69) is 60.2 Å². The Hall–Kier alpha value is -2.61. The number of hydrogen-bond donors (Lipinski definition) is 1. The number of phenols is 1. The van der Waals surface area contributed by atoms with Crippen molar-refractivity contribution in [2.75, 3.05) is 0 Å². The van der Waals surface area contributed by atoms with Crippen LogP contribution < -0.4 is 4.57 Å². The van der Waals surface area contributed by atoms with Crippen LogP contribution in [0.15, 0.2) is 60.8 Å². The van der Waals surface area contributed by atoms with Gasteiger partial charge < -0.3 is 5.11 Å². The van der Waals surface area contributed by atoms with Crippen molar-refractivity contribution in [3.8, 4) is 5.75 Å². The number of phenolic OH excluding ortho intramolecular Hbond substituents is 1. The van der Waals surface area contributed by atoms with Crippen LogP contribution in [-0.2, 0) is 6.54 Å². The molecule has 0 spiro atoms. The van der Waals surface area contributed by atoms with Gasteiger partial charge in [0.05, 0.1) is 5.39 Å². The fourth-order valence-electron chi connectivity index (χ4n) is 4.19. The summed E-state index contributed by atoms with van der Waals surface area (Å²) in [5.74, 6) is 0.301. The third-order valence-corrected chi connectivity index (χ3v) is 6.06. The fraction of sp³-hybridized carbons (Fsp3) is 0.414. The molecular weight excluding hydrogens is 378 g/mol. The predicted octanol–water partition coefficient (Wildman–Crippen LogP) is 7.92. The Labute approximate surface area is 188 Å². The van der Waals surface area contributed by atoms with E-state index in [1.165, 1.54) is 80.7 Å². The monoisotopic (exact) mass is 416 g/mol. The van der Waals surface area contributed by atoms with E-state index < -0.39 is 0 Å². The van der Waals surface area contributed by atoms with E-state index in [1.54, 1.807) is 12.1 Å². The maximum Gasteiger partial charge on any atom is 0.213 e. The zero-order valence-corrected chi connectivity index (χ0v) is 19.1. The molecule has 3 aromatic rings. The van der Waals surface area contributed by atoms with E-state index in [9.17, 15) is 5.11 Å². The van der Waals surface area contributed by atoms with Crippen molar-refractivity contribution in [3.05, 3.63) is 71.9 Å². The molecule has 0 bridgehead atoms. The van der Waals surface area contributed by atoms with Crippen LogP contribution in [0, 0.1) is 0 Å². The second-order valence-corrected chi connectivity index (χ2v) is 8.59. The lowest BCUT2D eigenvalue weighted by molar-refractivity contribution is -0.671. The lowest BCUT2D eigenvalue weighted by Crippen LogP contribution is -2.34. The number of rotatable bonds is 13. The third kappa shape index (κ3) is 7.54. The molecule has 0 aliphatic rings. The number of aromatic hydroxyl groups is 1. The van der Waals surface area contributed by atoms with E-state index in [4.69, 9.17) is 0 Å². The molecule has 0 saturated carbocycles. The minimum absolute atomic E-state index is 0.301. The summed E-state index contributed by atoms with van der Waals surface area (Å²) in [5.41, 5.74) is 3.61. The van der Waals surface area contributed by atoms with Crippen molar-refractivity contribution in [3.63, 3.8) is 0 Å². The smallest absolute Gasteiger partial charge is 0.213 e. The molecule has 0 amide bonds. The molecule has 1 aromatic heterocycles. The Balaban J connectivity index is 1.52. The molecule has 0 unspecified atom stereocenters. The lowest BCUT2D eigenvalue weighted by atomic mass is 10.1. The van der Waals surface area contributed by atoms with Crippen molar-refractivity contribution in [1.29, 1.82) is 0 Å². The molecule has 3 rings (SSSR count). The minimum atomic E-state index is 0.301. The normalized spacial score (nSPS) is 11.5. The van der Waals surface area contributed by atoms with Gasteiger partial charge in [-0.15, -0.1) is 0 Å².